The maximum atomic E-state index is 10.3. The summed E-state index contributed by atoms with van der Waals surface area (Å²) in [4.78, 5) is 2.33. The maximum Gasteiger partial charge on any atom is 0.0817 e. The van der Waals surface area contributed by atoms with Crippen LogP contribution in [-0.2, 0) is 0 Å². The Hall–Kier alpha value is -0.320. The van der Waals surface area contributed by atoms with Gasteiger partial charge in [-0.2, -0.15) is 0 Å². The van der Waals surface area contributed by atoms with E-state index in [2.05, 4.69) is 4.90 Å². The van der Waals surface area contributed by atoms with E-state index in [1.807, 2.05) is 13.0 Å². The molecule has 5 heteroatoms. The van der Waals surface area contributed by atoms with Crippen LogP contribution in [0.25, 0.3) is 0 Å². The van der Waals surface area contributed by atoms with E-state index in [0.717, 1.165) is 32.5 Å². The Kier molecular flexibility index (Phi) is 6.33. The molecule has 1 aliphatic rings. The fourth-order valence-electron chi connectivity index (χ4n) is 2.90. The van der Waals surface area contributed by atoms with E-state index < -0.39 is 6.10 Å². The van der Waals surface area contributed by atoms with Gasteiger partial charge in [-0.1, -0.05) is 35.3 Å². The molecule has 118 valence electrons. The van der Waals surface area contributed by atoms with Crippen molar-refractivity contribution in [3.63, 3.8) is 0 Å². The van der Waals surface area contributed by atoms with E-state index in [9.17, 15) is 10.2 Å². The number of hydrogen-bond acceptors (Lipinski definition) is 3. The van der Waals surface area contributed by atoms with Gasteiger partial charge in [-0.25, -0.2) is 0 Å². The molecule has 0 aliphatic carbocycles. The topological polar surface area (TPSA) is 43.7 Å². The van der Waals surface area contributed by atoms with E-state index in [1.54, 1.807) is 12.1 Å². The summed E-state index contributed by atoms with van der Waals surface area (Å²) in [6.45, 7) is 4.65. The van der Waals surface area contributed by atoms with E-state index in [4.69, 9.17) is 23.2 Å². The van der Waals surface area contributed by atoms with Crippen molar-refractivity contribution >= 4 is 23.2 Å². The first-order chi connectivity index (χ1) is 9.99. The molecule has 1 saturated heterocycles. The van der Waals surface area contributed by atoms with Crippen molar-refractivity contribution < 1.29 is 10.2 Å². The van der Waals surface area contributed by atoms with E-state index in [-0.39, 0.29) is 6.10 Å². The predicted molar refractivity (Wildman–Crippen MR) is 86.9 cm³/mol. The Morgan fingerprint density at radius 2 is 1.90 bits per heavy atom. The molecule has 1 aliphatic heterocycles. The Bertz CT molecular complexity index is 460. The van der Waals surface area contributed by atoms with Gasteiger partial charge in [0.05, 0.1) is 22.3 Å². The lowest BCUT2D eigenvalue weighted by molar-refractivity contribution is 0.0641. The SMILES string of the molecule is CC(O)C1CCN(CCC(O)c2cccc(Cl)c2Cl)CC1. The minimum atomic E-state index is -0.592. The molecule has 1 aromatic carbocycles. The summed E-state index contributed by atoms with van der Waals surface area (Å²) in [6.07, 6.45) is 1.87. The van der Waals surface area contributed by atoms with Crippen LogP contribution in [0.15, 0.2) is 18.2 Å². The molecular formula is C16H23Cl2NO2. The molecular weight excluding hydrogens is 309 g/mol. The number of piperidine rings is 1. The van der Waals surface area contributed by atoms with Crippen molar-refractivity contribution in [3.05, 3.63) is 33.8 Å². The monoisotopic (exact) mass is 331 g/mol. The fourth-order valence-corrected chi connectivity index (χ4v) is 3.33. The lowest BCUT2D eigenvalue weighted by Gasteiger charge is -2.33. The Morgan fingerprint density at radius 3 is 2.52 bits per heavy atom. The van der Waals surface area contributed by atoms with Crippen LogP contribution in [0.3, 0.4) is 0 Å². The molecule has 21 heavy (non-hydrogen) atoms. The van der Waals surface area contributed by atoms with Crippen LogP contribution < -0.4 is 0 Å². The molecule has 0 spiro atoms. The van der Waals surface area contributed by atoms with Crippen LogP contribution in [0.2, 0.25) is 10.0 Å². The summed E-state index contributed by atoms with van der Waals surface area (Å²) in [5, 5.41) is 20.8. The highest BCUT2D eigenvalue weighted by Gasteiger charge is 2.23. The zero-order chi connectivity index (χ0) is 15.4. The van der Waals surface area contributed by atoms with Crippen molar-refractivity contribution in [1.29, 1.82) is 0 Å². The zero-order valence-electron chi connectivity index (χ0n) is 12.3. The molecule has 0 amide bonds. The summed E-state index contributed by atoms with van der Waals surface area (Å²) in [5.74, 6) is 0.411. The molecule has 3 nitrogen and oxygen atoms in total. The van der Waals surface area contributed by atoms with Crippen LogP contribution in [0.1, 0.15) is 37.9 Å². The highest BCUT2D eigenvalue weighted by atomic mass is 35.5. The number of halogens is 2. The molecule has 2 rings (SSSR count). The third-order valence-corrected chi connectivity index (χ3v) is 5.21. The number of hydrogen-bond donors (Lipinski definition) is 2. The number of nitrogens with zero attached hydrogens (tertiary/aromatic N) is 1. The van der Waals surface area contributed by atoms with E-state index in [1.165, 1.54) is 0 Å². The molecule has 1 aromatic rings. The number of aliphatic hydroxyl groups is 2. The van der Waals surface area contributed by atoms with Gasteiger partial charge in [0.1, 0.15) is 0 Å². The van der Waals surface area contributed by atoms with Gasteiger partial charge in [0.15, 0.2) is 0 Å². The van der Waals surface area contributed by atoms with Crippen molar-refractivity contribution in [2.24, 2.45) is 5.92 Å². The summed E-state index contributed by atoms with van der Waals surface area (Å²) in [5.41, 5.74) is 0.697. The Balaban J connectivity index is 1.82. The van der Waals surface area contributed by atoms with Crippen LogP contribution in [0.5, 0.6) is 0 Å². The van der Waals surface area contributed by atoms with Crippen molar-refractivity contribution in [1.82, 2.24) is 4.90 Å². The van der Waals surface area contributed by atoms with Crippen LogP contribution in [-0.4, -0.2) is 40.9 Å². The summed E-state index contributed by atoms with van der Waals surface area (Å²) >= 11 is 12.1. The number of aliphatic hydroxyl groups excluding tert-OH is 2. The van der Waals surface area contributed by atoms with E-state index >= 15 is 0 Å². The average Bonchev–Trinajstić information content (AvgIpc) is 2.48. The van der Waals surface area contributed by atoms with Crippen LogP contribution >= 0.6 is 23.2 Å². The molecule has 2 atom stereocenters. The van der Waals surface area contributed by atoms with Gasteiger partial charge >= 0.3 is 0 Å². The van der Waals surface area contributed by atoms with Crippen molar-refractivity contribution in [2.45, 2.75) is 38.4 Å². The number of rotatable bonds is 5. The smallest absolute Gasteiger partial charge is 0.0817 e. The number of likely N-dealkylation sites (tertiary alicyclic amines) is 1. The zero-order valence-corrected chi connectivity index (χ0v) is 13.8. The number of benzene rings is 1. The van der Waals surface area contributed by atoms with Gasteiger partial charge in [0, 0.05) is 12.1 Å². The fraction of sp³-hybridized carbons (Fsp3) is 0.625. The summed E-state index contributed by atoms with van der Waals surface area (Å²) in [6, 6.07) is 5.35. The lowest BCUT2D eigenvalue weighted by Crippen LogP contribution is -2.37. The Morgan fingerprint density at radius 1 is 1.24 bits per heavy atom. The first-order valence-electron chi connectivity index (χ1n) is 7.51. The van der Waals surface area contributed by atoms with Gasteiger partial charge in [0.25, 0.3) is 0 Å². The van der Waals surface area contributed by atoms with Gasteiger partial charge in [-0.05, 0) is 51.3 Å². The minimum Gasteiger partial charge on any atom is -0.393 e. The standard InChI is InChI=1S/C16H23Cl2NO2/c1-11(20)12-5-8-19(9-6-12)10-7-15(21)13-3-2-4-14(17)16(13)18/h2-4,11-12,15,20-21H,5-10H2,1H3. The van der Waals surface area contributed by atoms with Gasteiger partial charge in [0.2, 0.25) is 0 Å². The lowest BCUT2D eigenvalue weighted by atomic mass is 9.92. The molecule has 0 saturated carbocycles. The third kappa shape index (κ3) is 4.57. The molecule has 0 radical (unpaired) electrons. The second-order valence-electron chi connectivity index (χ2n) is 5.87. The van der Waals surface area contributed by atoms with Crippen molar-refractivity contribution in [2.75, 3.05) is 19.6 Å². The van der Waals surface area contributed by atoms with Crippen LogP contribution in [0, 0.1) is 5.92 Å². The van der Waals surface area contributed by atoms with Gasteiger partial charge in [-0.15, -0.1) is 0 Å². The molecule has 0 bridgehead atoms. The molecule has 1 heterocycles. The highest BCUT2D eigenvalue weighted by molar-refractivity contribution is 6.42. The normalized spacial score (nSPS) is 20.4. The van der Waals surface area contributed by atoms with Crippen molar-refractivity contribution in [3.8, 4) is 0 Å². The second-order valence-corrected chi connectivity index (χ2v) is 6.65. The Labute approximate surface area is 136 Å². The van der Waals surface area contributed by atoms with E-state index in [0.29, 0.717) is 27.9 Å². The highest BCUT2D eigenvalue weighted by Crippen LogP contribution is 2.31. The maximum absolute atomic E-state index is 10.3. The third-order valence-electron chi connectivity index (χ3n) is 4.37. The predicted octanol–water partition coefficient (Wildman–Crippen LogP) is 3.51. The molecule has 2 unspecified atom stereocenters. The first-order valence-corrected chi connectivity index (χ1v) is 8.27. The largest absolute Gasteiger partial charge is 0.393 e. The second kappa shape index (κ2) is 7.80. The quantitative estimate of drug-likeness (QED) is 0.867. The molecule has 2 N–H and O–H groups in total. The minimum absolute atomic E-state index is 0.219. The van der Waals surface area contributed by atoms with Crippen LogP contribution in [0.4, 0.5) is 0 Å². The first kappa shape index (κ1) is 17.0. The molecule has 1 fully saturated rings. The summed E-state index contributed by atoms with van der Waals surface area (Å²) in [7, 11) is 0. The summed E-state index contributed by atoms with van der Waals surface area (Å²) < 4.78 is 0. The van der Waals surface area contributed by atoms with Gasteiger partial charge < -0.3 is 15.1 Å². The average molecular weight is 332 g/mol. The van der Waals surface area contributed by atoms with Gasteiger partial charge in [-0.3, -0.25) is 0 Å². The molecule has 0 aromatic heterocycles.